The molecule has 0 aromatic carbocycles. The lowest BCUT2D eigenvalue weighted by atomic mass is 9.46. The molecule has 3 saturated carbocycles. The number of fused-ring (bicyclic) bond motifs is 5. The summed E-state index contributed by atoms with van der Waals surface area (Å²) in [5.74, 6) is -0.490. The summed E-state index contributed by atoms with van der Waals surface area (Å²) in [4.78, 5) is 25.3. The minimum atomic E-state index is -1.43. The van der Waals surface area contributed by atoms with Gasteiger partial charge >= 0.3 is 0 Å². The minimum absolute atomic E-state index is 0.0464. The number of allylic oxidation sites excluding steroid dienone is 1. The Kier molecular flexibility index (Phi) is 5.85. The van der Waals surface area contributed by atoms with Crippen molar-refractivity contribution in [1.82, 2.24) is 0 Å². The van der Waals surface area contributed by atoms with Crippen molar-refractivity contribution in [1.29, 1.82) is 0 Å². The summed E-state index contributed by atoms with van der Waals surface area (Å²) < 4.78 is 0. The van der Waals surface area contributed by atoms with Crippen LogP contribution in [0.15, 0.2) is 11.6 Å². The molecule has 186 valence electrons. The summed E-state index contributed by atoms with van der Waals surface area (Å²) in [6.45, 7) is 9.15. The van der Waals surface area contributed by atoms with Crippen LogP contribution >= 0.6 is 0 Å². The van der Waals surface area contributed by atoms with Gasteiger partial charge in [0.2, 0.25) is 0 Å². The lowest BCUT2D eigenvalue weighted by Gasteiger charge is -2.60. The lowest BCUT2D eigenvalue weighted by molar-refractivity contribution is -0.172. The number of hydrogen-bond donors (Lipinski definition) is 4. The predicted octanol–water partition coefficient (Wildman–Crippen LogP) is 3.09. The lowest BCUT2D eigenvalue weighted by Crippen LogP contribution is -2.61. The highest BCUT2D eigenvalue weighted by Gasteiger charge is 2.68. The van der Waals surface area contributed by atoms with E-state index >= 15 is 0 Å². The molecule has 6 heteroatoms. The predicted molar refractivity (Wildman–Crippen MR) is 124 cm³/mol. The summed E-state index contributed by atoms with van der Waals surface area (Å²) in [6.07, 6.45) is 5.18. The summed E-state index contributed by atoms with van der Waals surface area (Å²) in [5, 5.41) is 44.8. The summed E-state index contributed by atoms with van der Waals surface area (Å²) in [7, 11) is 0. The maximum atomic E-state index is 13.2. The zero-order valence-corrected chi connectivity index (χ0v) is 20.9. The van der Waals surface area contributed by atoms with E-state index in [0.29, 0.717) is 44.9 Å². The third-order valence-corrected chi connectivity index (χ3v) is 10.3. The van der Waals surface area contributed by atoms with Crippen LogP contribution in [0.3, 0.4) is 0 Å². The molecule has 3 fully saturated rings. The molecule has 0 unspecified atom stereocenters. The first-order chi connectivity index (χ1) is 15.1. The second kappa shape index (κ2) is 7.71. The molecule has 0 amide bonds. The quantitative estimate of drug-likeness (QED) is 0.499. The van der Waals surface area contributed by atoms with Crippen molar-refractivity contribution in [2.45, 2.75) is 115 Å². The van der Waals surface area contributed by atoms with E-state index in [1.165, 1.54) is 0 Å². The number of hydrogen-bond acceptors (Lipinski definition) is 6. The van der Waals surface area contributed by atoms with Gasteiger partial charge in [0, 0.05) is 24.2 Å². The number of carbonyl (C=O) groups excluding carboxylic acids is 2. The Morgan fingerprint density at radius 1 is 1.06 bits per heavy atom. The molecule has 4 rings (SSSR count). The number of aliphatic hydroxyl groups excluding tert-OH is 1. The van der Waals surface area contributed by atoms with Gasteiger partial charge in [0.25, 0.3) is 0 Å². The van der Waals surface area contributed by atoms with Crippen molar-refractivity contribution in [2.24, 2.45) is 28.6 Å². The van der Waals surface area contributed by atoms with Gasteiger partial charge in [-0.25, -0.2) is 0 Å². The SMILES string of the molecule is CC(C)(O)CC[C@@H](O)[C@](C)(O)[C@H]1CC[C@@]2(O)C3=CC(=O)[C@H]4CC(=O)CC[C@]4(C)[C@H]3CC[C@]12C. The Bertz CT molecular complexity index is 868. The minimum Gasteiger partial charge on any atom is -0.390 e. The van der Waals surface area contributed by atoms with E-state index in [9.17, 15) is 30.0 Å². The topological polar surface area (TPSA) is 115 Å². The third kappa shape index (κ3) is 3.67. The molecule has 4 aliphatic carbocycles. The van der Waals surface area contributed by atoms with Crippen LogP contribution in [0.2, 0.25) is 0 Å². The smallest absolute Gasteiger partial charge is 0.159 e. The summed E-state index contributed by atoms with van der Waals surface area (Å²) in [5.41, 5.74) is -3.79. The van der Waals surface area contributed by atoms with Crippen LogP contribution in [0.4, 0.5) is 0 Å². The van der Waals surface area contributed by atoms with Crippen LogP contribution in [-0.2, 0) is 9.59 Å². The van der Waals surface area contributed by atoms with Crippen LogP contribution in [0.5, 0.6) is 0 Å². The standard InChI is InChI=1S/C27H42O6/c1-23(2,31)10-9-22(30)26(5,32)21-8-13-27(33)18-15-20(29)19-14-16(28)6-11-24(19,3)17(18)7-12-25(21,27)4/h15,17,19,21-22,30-33H,6-14H2,1-5H3/t17-,19+,21-,22+,24+,25+,26+,27+/m0/s1. The van der Waals surface area contributed by atoms with Gasteiger partial charge in [-0.15, -0.1) is 0 Å². The van der Waals surface area contributed by atoms with Gasteiger partial charge in [0.1, 0.15) is 5.78 Å². The van der Waals surface area contributed by atoms with Crippen LogP contribution < -0.4 is 0 Å². The fourth-order valence-electron chi connectivity index (χ4n) is 8.09. The van der Waals surface area contributed by atoms with Gasteiger partial charge < -0.3 is 20.4 Å². The van der Waals surface area contributed by atoms with E-state index < -0.39 is 28.3 Å². The summed E-state index contributed by atoms with van der Waals surface area (Å²) in [6, 6.07) is 0. The Morgan fingerprint density at radius 2 is 1.73 bits per heavy atom. The normalized spacial score (nSPS) is 43.8. The average molecular weight is 463 g/mol. The fourth-order valence-corrected chi connectivity index (χ4v) is 8.09. The molecule has 0 aromatic heterocycles. The van der Waals surface area contributed by atoms with Gasteiger partial charge in [-0.3, -0.25) is 9.59 Å². The number of aliphatic hydroxyl groups is 4. The molecule has 0 aromatic rings. The van der Waals surface area contributed by atoms with E-state index in [2.05, 4.69) is 6.92 Å². The first-order valence-corrected chi connectivity index (χ1v) is 12.7. The molecule has 0 saturated heterocycles. The Hall–Kier alpha value is -1.08. The molecule has 0 aliphatic heterocycles. The van der Waals surface area contributed by atoms with Gasteiger partial charge in [-0.05, 0) is 94.6 Å². The molecule has 0 heterocycles. The second-order valence-electron chi connectivity index (χ2n) is 12.9. The maximum absolute atomic E-state index is 13.2. The van der Waals surface area contributed by atoms with Crippen molar-refractivity contribution in [2.75, 3.05) is 0 Å². The molecule has 0 spiro atoms. The van der Waals surface area contributed by atoms with Crippen molar-refractivity contribution < 1.29 is 30.0 Å². The number of Topliss-reactive ketones (excluding diaryl/α,β-unsaturated/α-hetero) is 1. The van der Waals surface area contributed by atoms with Gasteiger partial charge in [-0.1, -0.05) is 13.8 Å². The molecular formula is C27H42O6. The van der Waals surface area contributed by atoms with E-state index in [0.717, 1.165) is 12.0 Å². The highest BCUT2D eigenvalue weighted by Crippen LogP contribution is 2.68. The zero-order valence-electron chi connectivity index (χ0n) is 20.9. The van der Waals surface area contributed by atoms with Gasteiger partial charge in [0.15, 0.2) is 5.78 Å². The highest BCUT2D eigenvalue weighted by molar-refractivity contribution is 5.98. The van der Waals surface area contributed by atoms with Crippen LogP contribution in [0.25, 0.3) is 0 Å². The van der Waals surface area contributed by atoms with E-state index in [-0.39, 0.29) is 41.2 Å². The van der Waals surface area contributed by atoms with Crippen molar-refractivity contribution in [3.63, 3.8) is 0 Å². The molecular weight excluding hydrogens is 420 g/mol. The molecule has 33 heavy (non-hydrogen) atoms. The number of ketones is 2. The number of rotatable bonds is 5. The fraction of sp³-hybridized carbons (Fsp3) is 0.852. The Balaban J connectivity index is 1.66. The molecule has 4 aliphatic rings. The molecule has 0 radical (unpaired) electrons. The molecule has 4 N–H and O–H groups in total. The monoisotopic (exact) mass is 462 g/mol. The van der Waals surface area contributed by atoms with Crippen LogP contribution in [0.1, 0.15) is 92.4 Å². The highest BCUT2D eigenvalue weighted by atomic mass is 16.3. The van der Waals surface area contributed by atoms with E-state index in [1.54, 1.807) is 26.8 Å². The van der Waals surface area contributed by atoms with E-state index in [4.69, 9.17) is 0 Å². The van der Waals surface area contributed by atoms with Crippen molar-refractivity contribution >= 4 is 11.6 Å². The van der Waals surface area contributed by atoms with Gasteiger partial charge in [0.05, 0.1) is 22.9 Å². The van der Waals surface area contributed by atoms with E-state index in [1.807, 2.05) is 6.92 Å². The Morgan fingerprint density at radius 3 is 2.36 bits per heavy atom. The number of carbonyl (C=O) groups is 2. The second-order valence-corrected chi connectivity index (χ2v) is 12.9. The zero-order chi connectivity index (χ0) is 24.6. The molecule has 6 nitrogen and oxygen atoms in total. The van der Waals surface area contributed by atoms with Crippen molar-refractivity contribution in [3.8, 4) is 0 Å². The molecule has 8 atom stereocenters. The molecule has 0 bridgehead atoms. The average Bonchev–Trinajstić information content (AvgIpc) is 2.99. The maximum Gasteiger partial charge on any atom is 0.159 e. The first kappa shape index (κ1) is 25.0. The largest absolute Gasteiger partial charge is 0.390 e. The van der Waals surface area contributed by atoms with Crippen LogP contribution in [-0.4, -0.2) is 54.9 Å². The third-order valence-electron chi connectivity index (χ3n) is 10.3. The van der Waals surface area contributed by atoms with Gasteiger partial charge in [-0.2, -0.15) is 0 Å². The van der Waals surface area contributed by atoms with Crippen LogP contribution in [0, 0.1) is 28.6 Å². The van der Waals surface area contributed by atoms with Crippen molar-refractivity contribution in [3.05, 3.63) is 11.6 Å². The summed E-state index contributed by atoms with van der Waals surface area (Å²) >= 11 is 0. The first-order valence-electron chi connectivity index (χ1n) is 12.7. The Labute approximate surface area is 197 Å².